The molecule has 1 amide bonds. The minimum Gasteiger partial charge on any atom is -0.361 e. The first-order chi connectivity index (χ1) is 14.8. The number of amides is 1. The predicted octanol–water partition coefficient (Wildman–Crippen LogP) is 4.75. The molecule has 0 radical (unpaired) electrons. The maximum absolute atomic E-state index is 12.8. The monoisotopic (exact) mass is 431 g/mol. The summed E-state index contributed by atoms with van der Waals surface area (Å²) >= 11 is 0. The Morgan fingerprint density at radius 1 is 1.10 bits per heavy atom. The first-order valence-electron chi connectivity index (χ1n) is 9.90. The van der Waals surface area contributed by atoms with Gasteiger partial charge in [0.2, 0.25) is 5.91 Å². The van der Waals surface area contributed by atoms with Crippen molar-refractivity contribution in [2.24, 2.45) is 0 Å². The average molecular weight is 431 g/mol. The third-order valence-corrected chi connectivity index (χ3v) is 5.02. The molecule has 5 nitrogen and oxygen atoms in total. The molecule has 0 aliphatic rings. The molecule has 0 spiro atoms. The van der Waals surface area contributed by atoms with E-state index < -0.39 is 17.8 Å². The average Bonchev–Trinajstić information content (AvgIpc) is 3.20. The number of carbonyl (C=O) groups excluding carboxylic acids is 1. The summed E-state index contributed by atoms with van der Waals surface area (Å²) in [4.78, 5) is 12.6. The van der Waals surface area contributed by atoms with E-state index in [9.17, 15) is 18.0 Å². The van der Waals surface area contributed by atoms with E-state index in [2.05, 4.69) is 15.8 Å². The molecule has 3 rings (SSSR count). The minimum absolute atomic E-state index is 0.203. The molecule has 3 aromatic rings. The molecule has 2 aromatic carbocycles. The van der Waals surface area contributed by atoms with Crippen molar-refractivity contribution in [1.82, 2.24) is 15.8 Å². The van der Waals surface area contributed by atoms with Crippen LogP contribution in [0.5, 0.6) is 0 Å². The molecule has 2 N–H and O–H groups in total. The van der Waals surface area contributed by atoms with E-state index in [0.29, 0.717) is 24.3 Å². The minimum atomic E-state index is -4.36. The summed E-state index contributed by atoms with van der Waals surface area (Å²) in [6, 6.07) is 15.2. The summed E-state index contributed by atoms with van der Waals surface area (Å²) in [5.74, 6) is 0.429. The Balaban J connectivity index is 1.80. The van der Waals surface area contributed by atoms with Crippen molar-refractivity contribution in [2.75, 3.05) is 7.05 Å². The largest absolute Gasteiger partial charge is 0.416 e. The highest BCUT2D eigenvalue weighted by Crippen LogP contribution is 2.30. The fraction of sp³-hybridized carbons (Fsp3) is 0.304. The SMILES string of the molecule is CNC(=O)C(N[C@@H](CCc1ccc(C(F)(F)F)cc1)c1cc(C)on1)c1ccccc1. The third-order valence-electron chi connectivity index (χ3n) is 5.02. The fourth-order valence-corrected chi connectivity index (χ4v) is 3.35. The summed E-state index contributed by atoms with van der Waals surface area (Å²) in [5, 5.41) is 10.1. The van der Waals surface area contributed by atoms with Crippen molar-refractivity contribution in [3.63, 3.8) is 0 Å². The number of aryl methyl sites for hydroxylation is 2. The van der Waals surface area contributed by atoms with Gasteiger partial charge in [-0.3, -0.25) is 10.1 Å². The van der Waals surface area contributed by atoms with Crippen molar-refractivity contribution in [3.8, 4) is 0 Å². The van der Waals surface area contributed by atoms with E-state index in [1.54, 1.807) is 20.0 Å². The molecule has 2 atom stereocenters. The normalized spacial score (nSPS) is 13.6. The van der Waals surface area contributed by atoms with Gasteiger partial charge in [0, 0.05) is 13.1 Å². The van der Waals surface area contributed by atoms with Gasteiger partial charge in [-0.1, -0.05) is 47.6 Å². The zero-order valence-corrected chi connectivity index (χ0v) is 17.2. The van der Waals surface area contributed by atoms with Crippen LogP contribution in [0.25, 0.3) is 0 Å². The van der Waals surface area contributed by atoms with Gasteiger partial charge in [0.1, 0.15) is 17.5 Å². The smallest absolute Gasteiger partial charge is 0.361 e. The topological polar surface area (TPSA) is 67.2 Å². The lowest BCUT2D eigenvalue weighted by Crippen LogP contribution is -2.38. The fourth-order valence-electron chi connectivity index (χ4n) is 3.35. The van der Waals surface area contributed by atoms with Crippen molar-refractivity contribution in [3.05, 3.63) is 88.8 Å². The van der Waals surface area contributed by atoms with Crippen LogP contribution in [-0.2, 0) is 17.4 Å². The van der Waals surface area contributed by atoms with Gasteiger partial charge in [-0.25, -0.2) is 0 Å². The number of nitrogens with zero attached hydrogens (tertiary/aromatic N) is 1. The Bertz CT molecular complexity index is 985. The molecule has 0 aliphatic heterocycles. The summed E-state index contributed by atoms with van der Waals surface area (Å²) in [6.07, 6.45) is -3.36. The van der Waals surface area contributed by atoms with E-state index in [4.69, 9.17) is 4.52 Å². The molecule has 0 saturated heterocycles. The lowest BCUT2D eigenvalue weighted by atomic mass is 9.99. The molecule has 0 saturated carbocycles. The standard InChI is InChI=1S/C23H24F3N3O2/c1-15-14-20(29-31-15)19(13-10-16-8-11-18(12-9-16)23(24,25)26)28-21(22(30)27-2)17-6-4-3-5-7-17/h3-9,11-12,14,19,21,28H,10,13H2,1-2H3,(H,27,30)/t19-,21?/m0/s1. The molecule has 0 aliphatic carbocycles. The number of benzene rings is 2. The molecule has 8 heteroatoms. The van der Waals surface area contributed by atoms with Crippen LogP contribution in [0.4, 0.5) is 13.2 Å². The number of hydrogen-bond donors (Lipinski definition) is 2. The highest BCUT2D eigenvalue weighted by Gasteiger charge is 2.30. The van der Waals surface area contributed by atoms with Crippen LogP contribution in [0, 0.1) is 6.92 Å². The van der Waals surface area contributed by atoms with Gasteiger partial charge < -0.3 is 9.84 Å². The number of halogens is 3. The highest BCUT2D eigenvalue weighted by molar-refractivity contribution is 5.82. The van der Waals surface area contributed by atoms with Gasteiger partial charge in [-0.2, -0.15) is 13.2 Å². The Morgan fingerprint density at radius 2 is 1.77 bits per heavy atom. The van der Waals surface area contributed by atoms with E-state index in [1.165, 1.54) is 12.1 Å². The first-order valence-corrected chi connectivity index (χ1v) is 9.90. The molecule has 164 valence electrons. The van der Waals surface area contributed by atoms with Gasteiger partial charge in [-0.15, -0.1) is 0 Å². The number of likely N-dealkylation sites (N-methyl/N-ethyl adjacent to an activating group) is 1. The Morgan fingerprint density at radius 3 is 2.32 bits per heavy atom. The van der Waals surface area contributed by atoms with Crippen LogP contribution in [0.1, 0.15) is 46.6 Å². The quantitative estimate of drug-likeness (QED) is 0.540. The number of rotatable bonds is 8. The maximum atomic E-state index is 12.8. The summed E-state index contributed by atoms with van der Waals surface area (Å²) in [7, 11) is 1.57. The predicted molar refractivity (Wildman–Crippen MR) is 110 cm³/mol. The van der Waals surface area contributed by atoms with Crippen LogP contribution in [0.15, 0.2) is 65.2 Å². The molecule has 0 bridgehead atoms. The van der Waals surface area contributed by atoms with Crippen LogP contribution in [-0.4, -0.2) is 18.1 Å². The highest BCUT2D eigenvalue weighted by atomic mass is 19.4. The maximum Gasteiger partial charge on any atom is 0.416 e. The summed E-state index contributed by atoms with van der Waals surface area (Å²) in [6.45, 7) is 1.77. The molecule has 0 fully saturated rings. The Hall–Kier alpha value is -3.13. The van der Waals surface area contributed by atoms with E-state index >= 15 is 0 Å². The second-order valence-electron chi connectivity index (χ2n) is 7.27. The third kappa shape index (κ3) is 5.95. The van der Waals surface area contributed by atoms with Crippen LogP contribution in [0.3, 0.4) is 0 Å². The van der Waals surface area contributed by atoms with Crippen molar-refractivity contribution >= 4 is 5.91 Å². The molecule has 1 unspecified atom stereocenters. The van der Waals surface area contributed by atoms with Gasteiger partial charge in [0.05, 0.1) is 11.6 Å². The Kier molecular flexibility index (Phi) is 7.12. The number of alkyl halides is 3. The second-order valence-corrected chi connectivity index (χ2v) is 7.27. The summed E-state index contributed by atoms with van der Waals surface area (Å²) in [5.41, 5.74) is 1.51. The van der Waals surface area contributed by atoms with Crippen LogP contribution >= 0.6 is 0 Å². The van der Waals surface area contributed by atoms with Crippen molar-refractivity contribution in [2.45, 2.75) is 38.0 Å². The van der Waals surface area contributed by atoms with E-state index in [-0.39, 0.29) is 11.9 Å². The second kappa shape index (κ2) is 9.78. The van der Waals surface area contributed by atoms with Gasteiger partial charge in [0.15, 0.2) is 0 Å². The number of carbonyl (C=O) groups is 1. The number of nitrogens with one attached hydrogen (secondary N) is 2. The molecular weight excluding hydrogens is 407 g/mol. The molecule has 31 heavy (non-hydrogen) atoms. The van der Waals surface area contributed by atoms with E-state index in [1.807, 2.05) is 30.3 Å². The zero-order chi connectivity index (χ0) is 22.4. The number of hydrogen-bond acceptors (Lipinski definition) is 4. The van der Waals surface area contributed by atoms with Gasteiger partial charge in [0.25, 0.3) is 0 Å². The lowest BCUT2D eigenvalue weighted by molar-refractivity contribution is -0.137. The number of aromatic nitrogens is 1. The molecule has 1 heterocycles. The first kappa shape index (κ1) is 22.6. The van der Waals surface area contributed by atoms with Crippen molar-refractivity contribution < 1.29 is 22.5 Å². The van der Waals surface area contributed by atoms with Crippen LogP contribution < -0.4 is 10.6 Å². The molecular formula is C23H24F3N3O2. The molecule has 1 aromatic heterocycles. The zero-order valence-electron chi connectivity index (χ0n) is 17.2. The van der Waals surface area contributed by atoms with Crippen molar-refractivity contribution in [1.29, 1.82) is 0 Å². The Labute approximate surface area is 178 Å². The van der Waals surface area contributed by atoms with Gasteiger partial charge >= 0.3 is 6.18 Å². The summed E-state index contributed by atoms with van der Waals surface area (Å²) < 4.78 is 43.6. The van der Waals surface area contributed by atoms with Crippen LogP contribution in [0.2, 0.25) is 0 Å². The van der Waals surface area contributed by atoms with E-state index in [0.717, 1.165) is 23.3 Å². The van der Waals surface area contributed by atoms with Gasteiger partial charge in [-0.05, 0) is 43.0 Å². The lowest BCUT2D eigenvalue weighted by Gasteiger charge is -2.24.